The summed E-state index contributed by atoms with van der Waals surface area (Å²) in [5.74, 6) is -0.786. The summed E-state index contributed by atoms with van der Waals surface area (Å²) < 4.78 is 0. The highest BCUT2D eigenvalue weighted by Crippen LogP contribution is 2.30. The number of rotatable bonds is 7. The van der Waals surface area contributed by atoms with Gasteiger partial charge in [-0.1, -0.05) is 31.4 Å². The second-order valence-corrected chi connectivity index (χ2v) is 9.83. The summed E-state index contributed by atoms with van der Waals surface area (Å²) in [7, 11) is 1.88. The molecule has 0 spiro atoms. The number of carbonyl (C=O) groups excluding carboxylic acids is 1. The second-order valence-electron chi connectivity index (χ2n) is 8.72. The minimum Gasteiger partial charge on any atom is -0.481 e. The van der Waals surface area contributed by atoms with Crippen LogP contribution in [0.25, 0.3) is 10.4 Å². The minimum atomic E-state index is -0.786. The highest BCUT2D eigenvalue weighted by molar-refractivity contribution is 7.15. The maximum Gasteiger partial charge on any atom is 0.321 e. The number of thiazole rings is 1. The van der Waals surface area contributed by atoms with Crippen molar-refractivity contribution in [2.24, 2.45) is 5.41 Å². The zero-order valence-corrected chi connectivity index (χ0v) is 18.8. The van der Waals surface area contributed by atoms with E-state index in [1.807, 2.05) is 42.4 Å². The molecule has 1 saturated carbocycles. The van der Waals surface area contributed by atoms with Gasteiger partial charge in [0.15, 0.2) is 0 Å². The monoisotopic (exact) mass is 429 g/mol. The van der Waals surface area contributed by atoms with Crippen LogP contribution < -0.4 is 5.32 Å². The van der Waals surface area contributed by atoms with Crippen LogP contribution in [0.1, 0.15) is 57.4 Å². The van der Waals surface area contributed by atoms with Gasteiger partial charge in [0.05, 0.1) is 15.3 Å². The van der Waals surface area contributed by atoms with Crippen LogP contribution in [0.3, 0.4) is 0 Å². The summed E-state index contributed by atoms with van der Waals surface area (Å²) in [5.41, 5.74) is 1.06. The number of urea groups is 1. The van der Waals surface area contributed by atoms with Crippen LogP contribution >= 0.6 is 11.3 Å². The maximum absolute atomic E-state index is 12.5. The van der Waals surface area contributed by atoms with Gasteiger partial charge in [0, 0.05) is 31.4 Å². The molecule has 6 nitrogen and oxygen atoms in total. The van der Waals surface area contributed by atoms with Gasteiger partial charge in [-0.15, -0.1) is 11.3 Å². The van der Waals surface area contributed by atoms with E-state index in [0.29, 0.717) is 18.9 Å². The van der Waals surface area contributed by atoms with Crippen LogP contribution in [0.15, 0.2) is 30.5 Å². The fourth-order valence-corrected chi connectivity index (χ4v) is 4.57. The molecule has 0 aliphatic heterocycles. The number of hydrogen-bond donors (Lipinski definition) is 2. The average Bonchev–Trinajstić information content (AvgIpc) is 3.22. The number of anilines is 1. The van der Waals surface area contributed by atoms with Gasteiger partial charge in [-0.25, -0.2) is 9.78 Å². The van der Waals surface area contributed by atoms with Crippen molar-refractivity contribution in [1.29, 1.82) is 0 Å². The Labute approximate surface area is 182 Å². The van der Waals surface area contributed by atoms with Gasteiger partial charge in [-0.3, -0.25) is 4.79 Å². The number of carbonyl (C=O) groups is 2. The molecule has 0 atom stereocenters. The first kappa shape index (κ1) is 22.3. The molecule has 0 saturated heterocycles. The predicted octanol–water partition coefficient (Wildman–Crippen LogP) is 5.65. The lowest BCUT2D eigenvalue weighted by Crippen LogP contribution is -2.40. The lowest BCUT2D eigenvalue weighted by atomic mass is 9.88. The second kappa shape index (κ2) is 9.60. The Morgan fingerprint density at radius 1 is 1.20 bits per heavy atom. The van der Waals surface area contributed by atoms with E-state index in [2.05, 4.69) is 10.3 Å². The number of aliphatic carboxylic acids is 1. The Hall–Kier alpha value is -2.41. The van der Waals surface area contributed by atoms with Crippen molar-refractivity contribution >= 4 is 29.0 Å². The summed E-state index contributed by atoms with van der Waals surface area (Å²) >= 11 is 1.58. The molecule has 0 unspecified atom stereocenters. The number of aryl methyl sites for hydroxylation is 1. The molecular weight excluding hydrogens is 398 g/mol. The van der Waals surface area contributed by atoms with E-state index in [9.17, 15) is 14.7 Å². The number of hydrogen-bond acceptors (Lipinski definition) is 4. The fraction of sp³-hybridized carbons (Fsp3) is 0.522. The SMILES string of the molecule is CN(C(=O)Nc1ccc(-c2cnc(CCC(C)(C)C(=O)O)s2)cc1)C1CCCCC1. The highest BCUT2D eigenvalue weighted by atomic mass is 32.1. The quantitative estimate of drug-likeness (QED) is 0.596. The summed E-state index contributed by atoms with van der Waals surface area (Å²) in [6.07, 6.45) is 8.85. The van der Waals surface area contributed by atoms with Crippen molar-refractivity contribution in [3.05, 3.63) is 35.5 Å². The number of amides is 2. The predicted molar refractivity (Wildman–Crippen MR) is 121 cm³/mol. The lowest BCUT2D eigenvalue weighted by molar-refractivity contribution is -0.147. The molecule has 1 fully saturated rings. The Morgan fingerprint density at radius 2 is 1.87 bits per heavy atom. The first-order valence-corrected chi connectivity index (χ1v) is 11.4. The van der Waals surface area contributed by atoms with Gasteiger partial charge in [-0.05, 0) is 50.8 Å². The molecule has 2 amide bonds. The molecule has 2 N–H and O–H groups in total. The number of benzene rings is 1. The van der Waals surface area contributed by atoms with E-state index in [0.717, 1.165) is 34.0 Å². The Kier molecular flexibility index (Phi) is 7.13. The first-order valence-electron chi connectivity index (χ1n) is 10.6. The average molecular weight is 430 g/mol. The molecule has 1 aliphatic rings. The molecule has 1 heterocycles. The Bertz CT molecular complexity index is 870. The summed E-state index contributed by atoms with van der Waals surface area (Å²) in [6.45, 7) is 3.48. The van der Waals surface area contributed by atoms with Crippen molar-refractivity contribution in [3.63, 3.8) is 0 Å². The number of nitrogens with zero attached hydrogens (tertiary/aromatic N) is 2. The topological polar surface area (TPSA) is 82.5 Å². The van der Waals surface area contributed by atoms with E-state index < -0.39 is 11.4 Å². The molecule has 1 aliphatic carbocycles. The van der Waals surface area contributed by atoms with Gasteiger partial charge in [0.25, 0.3) is 0 Å². The van der Waals surface area contributed by atoms with E-state index in [1.54, 1.807) is 25.2 Å². The number of carboxylic acid groups (broad SMARTS) is 1. The molecule has 7 heteroatoms. The number of aromatic nitrogens is 1. The van der Waals surface area contributed by atoms with Crippen molar-refractivity contribution in [3.8, 4) is 10.4 Å². The Balaban J connectivity index is 1.57. The summed E-state index contributed by atoms with van der Waals surface area (Å²) in [6, 6.07) is 8.06. The number of carboxylic acids is 1. The highest BCUT2D eigenvalue weighted by Gasteiger charge is 2.27. The summed E-state index contributed by atoms with van der Waals surface area (Å²) in [4.78, 5) is 31.1. The van der Waals surface area contributed by atoms with Gasteiger partial charge in [-0.2, -0.15) is 0 Å². The molecule has 3 rings (SSSR count). The molecule has 1 aromatic heterocycles. The maximum atomic E-state index is 12.5. The fourth-order valence-electron chi connectivity index (χ4n) is 3.65. The molecule has 0 radical (unpaired) electrons. The van der Waals surface area contributed by atoms with Crippen LogP contribution in [0, 0.1) is 5.41 Å². The third-order valence-corrected chi connectivity index (χ3v) is 7.07. The molecular formula is C23H31N3O3S. The third-order valence-electron chi connectivity index (χ3n) is 5.96. The van der Waals surface area contributed by atoms with E-state index in [1.165, 1.54) is 19.3 Å². The molecule has 2 aromatic rings. The van der Waals surface area contributed by atoms with E-state index >= 15 is 0 Å². The smallest absolute Gasteiger partial charge is 0.321 e. The van der Waals surface area contributed by atoms with Crippen LogP contribution in [0.2, 0.25) is 0 Å². The van der Waals surface area contributed by atoms with Gasteiger partial charge in [0.1, 0.15) is 0 Å². The van der Waals surface area contributed by atoms with Gasteiger partial charge >= 0.3 is 12.0 Å². The van der Waals surface area contributed by atoms with Crippen molar-refractivity contribution < 1.29 is 14.7 Å². The van der Waals surface area contributed by atoms with Crippen molar-refractivity contribution in [1.82, 2.24) is 9.88 Å². The zero-order valence-electron chi connectivity index (χ0n) is 18.0. The van der Waals surface area contributed by atoms with Gasteiger partial charge in [0.2, 0.25) is 0 Å². The van der Waals surface area contributed by atoms with Crippen LogP contribution in [0.4, 0.5) is 10.5 Å². The van der Waals surface area contributed by atoms with Gasteiger partial charge < -0.3 is 15.3 Å². The molecule has 0 bridgehead atoms. The normalized spacial score (nSPS) is 15.0. The lowest BCUT2D eigenvalue weighted by Gasteiger charge is -2.31. The Morgan fingerprint density at radius 3 is 2.50 bits per heavy atom. The van der Waals surface area contributed by atoms with Crippen LogP contribution in [-0.2, 0) is 11.2 Å². The van der Waals surface area contributed by atoms with Crippen LogP contribution in [0.5, 0.6) is 0 Å². The standard InChI is InChI=1S/C23H31N3O3S/c1-23(2,21(27)28)14-13-20-24-15-19(30-20)16-9-11-17(12-10-16)25-22(29)26(3)18-7-5-4-6-8-18/h9-12,15,18H,4-8,13-14H2,1-3H3,(H,25,29)(H,27,28). The molecule has 1 aromatic carbocycles. The number of nitrogens with one attached hydrogen (secondary N) is 1. The minimum absolute atomic E-state index is 0.0595. The molecule has 162 valence electrons. The van der Waals surface area contributed by atoms with E-state index in [-0.39, 0.29) is 6.03 Å². The van der Waals surface area contributed by atoms with Crippen molar-refractivity contribution in [2.45, 2.75) is 64.8 Å². The molecule has 30 heavy (non-hydrogen) atoms. The van der Waals surface area contributed by atoms with Crippen molar-refractivity contribution in [2.75, 3.05) is 12.4 Å². The summed E-state index contributed by atoms with van der Waals surface area (Å²) in [5, 5.41) is 13.2. The largest absolute Gasteiger partial charge is 0.481 e. The zero-order chi connectivity index (χ0) is 21.7. The van der Waals surface area contributed by atoms with E-state index in [4.69, 9.17) is 0 Å². The first-order chi connectivity index (χ1) is 14.3. The third kappa shape index (κ3) is 5.59. The van der Waals surface area contributed by atoms with Crippen LogP contribution in [-0.4, -0.2) is 40.1 Å².